The molecule has 0 aliphatic rings. The minimum Gasteiger partial charge on any atom is -0.161 e. The smallest absolute Gasteiger partial charge is 0.161 e. The van der Waals surface area contributed by atoms with Crippen molar-refractivity contribution < 1.29 is 0 Å². The van der Waals surface area contributed by atoms with E-state index in [-0.39, 0.29) is 0 Å². The van der Waals surface area contributed by atoms with Crippen molar-refractivity contribution in [1.82, 2.24) is 20.2 Å². The first-order valence-electron chi connectivity index (χ1n) is 4.44. The van der Waals surface area contributed by atoms with Gasteiger partial charge in [0, 0.05) is 5.92 Å². The largest absolute Gasteiger partial charge is 0.177 e. The zero-order chi connectivity index (χ0) is 9.14. The molecule has 1 aromatic heterocycles. The minimum absolute atomic E-state index is 0.352. The van der Waals surface area contributed by atoms with Gasteiger partial charge in [0.2, 0.25) is 0 Å². The number of nitrogens with zero attached hydrogens (tertiary/aromatic N) is 4. The first kappa shape index (κ1) is 9.16. The van der Waals surface area contributed by atoms with Crippen LogP contribution in [-0.4, -0.2) is 20.2 Å². The quantitative estimate of drug-likeness (QED) is 0.690. The Bertz CT molecular complexity index is 241. The normalized spacial score (nSPS) is 13.8. The Labute approximate surface area is 73.0 Å². The second-order valence-corrected chi connectivity index (χ2v) is 3.38. The van der Waals surface area contributed by atoms with E-state index in [1.165, 1.54) is 0 Å². The van der Waals surface area contributed by atoms with Gasteiger partial charge in [-0.05, 0) is 18.6 Å². The summed E-state index contributed by atoms with van der Waals surface area (Å²) in [7, 11) is 0. The zero-order valence-electron chi connectivity index (χ0n) is 8.15. The van der Waals surface area contributed by atoms with Crippen LogP contribution in [0.15, 0.2) is 0 Å². The van der Waals surface area contributed by atoms with Crippen LogP contribution in [0.1, 0.15) is 51.9 Å². The maximum absolute atomic E-state index is 4.27. The molecule has 0 aliphatic carbocycles. The second kappa shape index (κ2) is 3.65. The molecular formula is C8H16N4. The van der Waals surface area contributed by atoms with Crippen molar-refractivity contribution in [3.8, 4) is 0 Å². The van der Waals surface area contributed by atoms with Crippen molar-refractivity contribution >= 4 is 0 Å². The van der Waals surface area contributed by atoms with E-state index in [1.54, 1.807) is 4.80 Å². The monoisotopic (exact) mass is 168 g/mol. The van der Waals surface area contributed by atoms with Crippen molar-refractivity contribution in [3.05, 3.63) is 5.82 Å². The highest BCUT2D eigenvalue weighted by molar-refractivity contribution is 4.84. The molecule has 68 valence electrons. The molecule has 4 nitrogen and oxygen atoms in total. The van der Waals surface area contributed by atoms with Crippen LogP contribution in [0.4, 0.5) is 0 Å². The van der Waals surface area contributed by atoms with Gasteiger partial charge < -0.3 is 0 Å². The topological polar surface area (TPSA) is 43.6 Å². The minimum atomic E-state index is 0.352. The third kappa shape index (κ3) is 1.81. The van der Waals surface area contributed by atoms with Gasteiger partial charge in [0.1, 0.15) is 0 Å². The van der Waals surface area contributed by atoms with Gasteiger partial charge in [0.05, 0.1) is 6.04 Å². The Balaban J connectivity index is 2.77. The predicted octanol–water partition coefficient (Wildman–Crippen LogP) is 1.77. The molecule has 0 spiro atoms. The molecule has 1 unspecified atom stereocenters. The number of tetrazole rings is 1. The average molecular weight is 168 g/mol. The Morgan fingerprint density at radius 3 is 2.42 bits per heavy atom. The van der Waals surface area contributed by atoms with Gasteiger partial charge in [-0.2, -0.15) is 4.80 Å². The number of aromatic nitrogens is 4. The summed E-state index contributed by atoms with van der Waals surface area (Å²) in [6.45, 7) is 8.34. The maximum atomic E-state index is 4.27. The molecule has 0 aromatic carbocycles. The van der Waals surface area contributed by atoms with E-state index < -0.39 is 0 Å². The predicted molar refractivity (Wildman–Crippen MR) is 46.9 cm³/mol. The van der Waals surface area contributed by atoms with E-state index in [1.807, 2.05) is 0 Å². The molecule has 1 atom stereocenters. The molecule has 1 heterocycles. The van der Waals surface area contributed by atoms with Gasteiger partial charge in [-0.1, -0.05) is 20.8 Å². The van der Waals surface area contributed by atoms with E-state index in [2.05, 4.69) is 43.1 Å². The van der Waals surface area contributed by atoms with Crippen molar-refractivity contribution in [1.29, 1.82) is 0 Å². The lowest BCUT2D eigenvalue weighted by Gasteiger charge is -2.04. The average Bonchev–Trinajstić information content (AvgIpc) is 2.51. The molecule has 1 rings (SSSR count). The standard InChI is InChI=1S/C8H16N4/c1-5-7(4)12-10-8(6(2)3)9-11-12/h6-7H,5H2,1-4H3. The summed E-state index contributed by atoms with van der Waals surface area (Å²) in [4.78, 5) is 1.69. The van der Waals surface area contributed by atoms with Crippen molar-refractivity contribution in [3.63, 3.8) is 0 Å². The SMILES string of the molecule is CCC(C)n1nnc(C(C)C)n1. The second-order valence-electron chi connectivity index (χ2n) is 3.38. The molecule has 0 N–H and O–H groups in total. The van der Waals surface area contributed by atoms with E-state index in [0.29, 0.717) is 12.0 Å². The third-order valence-electron chi connectivity index (χ3n) is 1.95. The zero-order valence-corrected chi connectivity index (χ0v) is 8.15. The van der Waals surface area contributed by atoms with Crippen LogP contribution in [0.25, 0.3) is 0 Å². The summed E-state index contributed by atoms with van der Waals surface area (Å²) in [5, 5.41) is 12.2. The molecule has 0 radical (unpaired) electrons. The van der Waals surface area contributed by atoms with Crippen LogP contribution in [0.3, 0.4) is 0 Å². The van der Waals surface area contributed by atoms with Crippen LogP contribution in [0, 0.1) is 0 Å². The molecule has 1 aromatic rings. The van der Waals surface area contributed by atoms with Gasteiger partial charge in [-0.3, -0.25) is 0 Å². The first-order valence-corrected chi connectivity index (χ1v) is 4.44. The van der Waals surface area contributed by atoms with Gasteiger partial charge in [0.15, 0.2) is 5.82 Å². The van der Waals surface area contributed by atoms with Crippen LogP contribution < -0.4 is 0 Å². The molecule has 0 saturated heterocycles. The number of hydrogen-bond acceptors (Lipinski definition) is 3. The molecule has 4 heteroatoms. The molecule has 0 amide bonds. The fourth-order valence-corrected chi connectivity index (χ4v) is 0.818. The lowest BCUT2D eigenvalue weighted by atomic mass is 10.2. The number of rotatable bonds is 3. The highest BCUT2D eigenvalue weighted by Crippen LogP contribution is 2.09. The Morgan fingerprint density at radius 1 is 1.33 bits per heavy atom. The molecule has 0 fully saturated rings. The van der Waals surface area contributed by atoms with Crippen molar-refractivity contribution in [2.75, 3.05) is 0 Å². The van der Waals surface area contributed by atoms with Crippen molar-refractivity contribution in [2.45, 2.75) is 46.1 Å². The molecule has 0 bridgehead atoms. The first-order chi connectivity index (χ1) is 5.65. The van der Waals surface area contributed by atoms with E-state index in [0.717, 1.165) is 12.2 Å². The van der Waals surface area contributed by atoms with E-state index in [9.17, 15) is 0 Å². The molecule has 0 saturated carbocycles. The fourth-order valence-electron chi connectivity index (χ4n) is 0.818. The Hall–Kier alpha value is -0.930. The van der Waals surface area contributed by atoms with Crippen molar-refractivity contribution in [2.24, 2.45) is 0 Å². The third-order valence-corrected chi connectivity index (χ3v) is 1.95. The molecule has 0 aliphatic heterocycles. The number of hydrogen-bond donors (Lipinski definition) is 0. The van der Waals surface area contributed by atoms with Crippen LogP contribution >= 0.6 is 0 Å². The van der Waals surface area contributed by atoms with E-state index >= 15 is 0 Å². The van der Waals surface area contributed by atoms with Gasteiger partial charge in [-0.15, -0.1) is 10.2 Å². The van der Waals surface area contributed by atoms with Crippen LogP contribution in [0.2, 0.25) is 0 Å². The lowest BCUT2D eigenvalue weighted by molar-refractivity contribution is 0.412. The summed E-state index contributed by atoms with van der Waals surface area (Å²) >= 11 is 0. The highest BCUT2D eigenvalue weighted by Gasteiger charge is 2.09. The molecular weight excluding hydrogens is 152 g/mol. The lowest BCUT2D eigenvalue weighted by Crippen LogP contribution is -2.08. The Morgan fingerprint density at radius 2 is 2.00 bits per heavy atom. The Kier molecular flexibility index (Phi) is 2.78. The van der Waals surface area contributed by atoms with Gasteiger partial charge >= 0.3 is 0 Å². The van der Waals surface area contributed by atoms with E-state index in [4.69, 9.17) is 0 Å². The summed E-state index contributed by atoms with van der Waals surface area (Å²) in [6.07, 6.45) is 1.04. The van der Waals surface area contributed by atoms with Crippen LogP contribution in [-0.2, 0) is 0 Å². The highest BCUT2D eigenvalue weighted by atomic mass is 15.6. The maximum Gasteiger partial charge on any atom is 0.177 e. The van der Waals surface area contributed by atoms with Crippen LogP contribution in [0.5, 0.6) is 0 Å². The van der Waals surface area contributed by atoms with Gasteiger partial charge in [0.25, 0.3) is 0 Å². The summed E-state index contributed by atoms with van der Waals surface area (Å²) in [5.41, 5.74) is 0. The van der Waals surface area contributed by atoms with Gasteiger partial charge in [-0.25, -0.2) is 0 Å². The summed E-state index contributed by atoms with van der Waals surface area (Å²) in [6, 6.07) is 0.352. The fraction of sp³-hybridized carbons (Fsp3) is 0.875. The summed E-state index contributed by atoms with van der Waals surface area (Å²) in [5.74, 6) is 1.19. The summed E-state index contributed by atoms with van der Waals surface area (Å²) < 4.78 is 0. The molecule has 12 heavy (non-hydrogen) atoms.